The highest BCUT2D eigenvalue weighted by Crippen LogP contribution is 2.17. The first kappa shape index (κ1) is 19.4. The second kappa shape index (κ2) is 8.56. The van der Waals surface area contributed by atoms with Gasteiger partial charge in [0.2, 0.25) is 5.91 Å². The van der Waals surface area contributed by atoms with E-state index in [-0.39, 0.29) is 24.9 Å². The molecule has 1 aliphatic heterocycles. The van der Waals surface area contributed by atoms with E-state index in [4.69, 9.17) is 4.74 Å². The Kier molecular flexibility index (Phi) is 5.93. The van der Waals surface area contributed by atoms with Crippen molar-refractivity contribution >= 4 is 17.8 Å². The van der Waals surface area contributed by atoms with Crippen molar-refractivity contribution in [2.75, 3.05) is 26.7 Å². The minimum absolute atomic E-state index is 0.00884. The quantitative estimate of drug-likeness (QED) is 0.746. The first-order chi connectivity index (χ1) is 13.5. The highest BCUT2D eigenvalue weighted by atomic mass is 16.5. The van der Waals surface area contributed by atoms with Crippen molar-refractivity contribution in [3.05, 3.63) is 65.2 Å². The molecule has 0 atom stereocenters. The molecule has 3 rings (SSSR count). The van der Waals surface area contributed by atoms with Crippen LogP contribution < -0.4 is 10.1 Å². The molecule has 1 N–H and O–H groups in total. The number of rotatable bonds is 7. The van der Waals surface area contributed by atoms with Gasteiger partial charge in [0.15, 0.2) is 0 Å². The number of para-hydroxylation sites is 1. The fraction of sp³-hybridized carbons (Fsp3) is 0.286. The topological polar surface area (TPSA) is 79.0 Å². The van der Waals surface area contributed by atoms with E-state index in [1.54, 1.807) is 36.2 Å². The van der Waals surface area contributed by atoms with Crippen LogP contribution in [0.15, 0.2) is 48.5 Å². The molecule has 7 heteroatoms. The molecular weight excluding hydrogens is 358 g/mol. The summed E-state index contributed by atoms with van der Waals surface area (Å²) in [4.78, 5) is 39.2. The van der Waals surface area contributed by atoms with Crippen molar-refractivity contribution in [3.63, 3.8) is 0 Å². The lowest BCUT2D eigenvalue weighted by Gasteiger charge is -2.21. The lowest BCUT2D eigenvalue weighted by Crippen LogP contribution is -2.34. The molecule has 28 heavy (non-hydrogen) atoms. The Labute approximate surface area is 163 Å². The predicted octanol–water partition coefficient (Wildman–Crippen LogP) is 2.20. The van der Waals surface area contributed by atoms with Crippen LogP contribution in [-0.2, 0) is 11.3 Å². The molecule has 0 bridgehead atoms. The number of likely N-dealkylation sites (N-methyl/N-ethyl adjacent to an activating group) is 1. The zero-order valence-corrected chi connectivity index (χ0v) is 16.0. The van der Waals surface area contributed by atoms with Crippen LogP contribution in [0.25, 0.3) is 0 Å². The standard InChI is InChI=1S/C21H23N3O4/c1-15-7-3-6-10-18(15)28-12-11-23(2)20(26)17-9-5-4-8-16(17)14-24-19(25)13-22-21(24)27/h3-10H,11-14H2,1-2H3,(H,22,27). The van der Waals surface area contributed by atoms with E-state index in [1.807, 2.05) is 31.2 Å². The maximum Gasteiger partial charge on any atom is 0.324 e. The van der Waals surface area contributed by atoms with Crippen LogP contribution in [0.5, 0.6) is 5.75 Å². The van der Waals surface area contributed by atoms with E-state index >= 15 is 0 Å². The SMILES string of the molecule is Cc1ccccc1OCCN(C)C(=O)c1ccccc1CN1C(=O)CNC1=O. The average molecular weight is 381 g/mol. The molecule has 0 unspecified atom stereocenters. The number of carbonyl (C=O) groups is 3. The second-order valence-corrected chi connectivity index (χ2v) is 6.64. The molecular formula is C21H23N3O4. The first-order valence-corrected chi connectivity index (χ1v) is 9.07. The fourth-order valence-corrected chi connectivity index (χ4v) is 2.97. The minimum atomic E-state index is -0.438. The van der Waals surface area contributed by atoms with Gasteiger partial charge in [-0.2, -0.15) is 0 Å². The summed E-state index contributed by atoms with van der Waals surface area (Å²) in [6.07, 6.45) is 0. The fourth-order valence-electron chi connectivity index (χ4n) is 2.97. The number of urea groups is 1. The molecule has 2 aromatic rings. The van der Waals surface area contributed by atoms with Gasteiger partial charge in [-0.3, -0.25) is 14.5 Å². The number of hydrogen-bond acceptors (Lipinski definition) is 4. The summed E-state index contributed by atoms with van der Waals surface area (Å²) in [7, 11) is 1.70. The van der Waals surface area contributed by atoms with E-state index in [2.05, 4.69) is 5.32 Å². The second-order valence-electron chi connectivity index (χ2n) is 6.64. The largest absolute Gasteiger partial charge is 0.491 e. The summed E-state index contributed by atoms with van der Waals surface area (Å²) < 4.78 is 5.76. The van der Waals surface area contributed by atoms with Crippen LogP contribution in [0.1, 0.15) is 21.5 Å². The van der Waals surface area contributed by atoms with Gasteiger partial charge in [0.05, 0.1) is 19.6 Å². The van der Waals surface area contributed by atoms with E-state index in [1.165, 1.54) is 0 Å². The minimum Gasteiger partial charge on any atom is -0.491 e. The Morgan fingerprint density at radius 2 is 1.86 bits per heavy atom. The first-order valence-electron chi connectivity index (χ1n) is 9.07. The Balaban J connectivity index is 1.64. The number of amides is 4. The number of carbonyl (C=O) groups excluding carboxylic acids is 3. The van der Waals surface area contributed by atoms with Crippen LogP contribution in [0.3, 0.4) is 0 Å². The monoisotopic (exact) mass is 381 g/mol. The zero-order valence-electron chi connectivity index (χ0n) is 16.0. The van der Waals surface area contributed by atoms with Gasteiger partial charge in [0.1, 0.15) is 12.4 Å². The van der Waals surface area contributed by atoms with Crippen LogP contribution in [0.2, 0.25) is 0 Å². The zero-order chi connectivity index (χ0) is 20.1. The number of hydrogen-bond donors (Lipinski definition) is 1. The lowest BCUT2D eigenvalue weighted by molar-refractivity contribution is -0.125. The number of imide groups is 1. The highest BCUT2D eigenvalue weighted by Gasteiger charge is 2.29. The molecule has 146 valence electrons. The van der Waals surface area contributed by atoms with Gasteiger partial charge >= 0.3 is 6.03 Å². The molecule has 1 fully saturated rings. The molecule has 7 nitrogen and oxygen atoms in total. The smallest absolute Gasteiger partial charge is 0.324 e. The number of nitrogens with zero attached hydrogens (tertiary/aromatic N) is 2. The summed E-state index contributed by atoms with van der Waals surface area (Å²) in [5.41, 5.74) is 2.13. The number of benzene rings is 2. The molecule has 0 aromatic heterocycles. The maximum atomic E-state index is 12.9. The van der Waals surface area contributed by atoms with Crippen LogP contribution in [-0.4, -0.2) is 54.4 Å². The van der Waals surface area contributed by atoms with Crippen molar-refractivity contribution in [2.45, 2.75) is 13.5 Å². The van der Waals surface area contributed by atoms with Crippen LogP contribution in [0, 0.1) is 6.92 Å². The van der Waals surface area contributed by atoms with Gasteiger partial charge in [0.25, 0.3) is 5.91 Å². The molecule has 2 aromatic carbocycles. The Hall–Kier alpha value is -3.35. The van der Waals surface area contributed by atoms with Crippen molar-refractivity contribution < 1.29 is 19.1 Å². The van der Waals surface area contributed by atoms with Gasteiger partial charge in [-0.15, -0.1) is 0 Å². The molecule has 0 saturated carbocycles. The van der Waals surface area contributed by atoms with Gasteiger partial charge in [0, 0.05) is 12.6 Å². The van der Waals surface area contributed by atoms with Gasteiger partial charge in [-0.1, -0.05) is 36.4 Å². The summed E-state index contributed by atoms with van der Waals surface area (Å²) >= 11 is 0. The summed E-state index contributed by atoms with van der Waals surface area (Å²) in [6, 6.07) is 14.3. The lowest BCUT2D eigenvalue weighted by atomic mass is 10.1. The maximum absolute atomic E-state index is 12.9. The summed E-state index contributed by atoms with van der Waals surface area (Å²) in [5.74, 6) is 0.311. The molecule has 0 spiro atoms. The average Bonchev–Trinajstić information content (AvgIpc) is 3.01. The van der Waals surface area contributed by atoms with E-state index in [0.717, 1.165) is 16.2 Å². The van der Waals surface area contributed by atoms with Crippen LogP contribution >= 0.6 is 0 Å². The van der Waals surface area contributed by atoms with Crippen molar-refractivity contribution in [2.24, 2.45) is 0 Å². The molecule has 0 aliphatic carbocycles. The van der Waals surface area contributed by atoms with Gasteiger partial charge < -0.3 is 15.0 Å². The number of aryl methyl sites for hydroxylation is 1. The van der Waals surface area contributed by atoms with Crippen molar-refractivity contribution in [1.82, 2.24) is 15.1 Å². The molecule has 4 amide bonds. The van der Waals surface area contributed by atoms with Crippen LogP contribution in [0.4, 0.5) is 4.79 Å². The normalized spacial score (nSPS) is 13.4. The number of nitrogens with one attached hydrogen (secondary N) is 1. The number of ether oxygens (including phenoxy) is 1. The summed E-state index contributed by atoms with van der Waals surface area (Å²) in [6.45, 7) is 2.80. The van der Waals surface area contributed by atoms with Crippen molar-refractivity contribution in [3.8, 4) is 5.75 Å². The molecule has 1 heterocycles. The third-order valence-electron chi connectivity index (χ3n) is 4.64. The van der Waals surface area contributed by atoms with Gasteiger partial charge in [-0.25, -0.2) is 4.79 Å². The third-order valence-corrected chi connectivity index (χ3v) is 4.64. The van der Waals surface area contributed by atoms with E-state index in [0.29, 0.717) is 24.3 Å². The predicted molar refractivity (Wildman–Crippen MR) is 104 cm³/mol. The van der Waals surface area contributed by atoms with E-state index in [9.17, 15) is 14.4 Å². The molecule has 0 radical (unpaired) electrons. The Morgan fingerprint density at radius 1 is 1.14 bits per heavy atom. The van der Waals surface area contributed by atoms with E-state index < -0.39 is 6.03 Å². The third kappa shape index (κ3) is 4.31. The highest BCUT2D eigenvalue weighted by molar-refractivity contribution is 6.02. The van der Waals surface area contributed by atoms with Gasteiger partial charge in [-0.05, 0) is 30.2 Å². The molecule has 1 saturated heterocycles. The summed E-state index contributed by atoms with van der Waals surface area (Å²) in [5, 5.41) is 2.48. The molecule has 1 aliphatic rings. The Bertz CT molecular complexity index is 881. The Morgan fingerprint density at radius 3 is 2.57 bits per heavy atom. The van der Waals surface area contributed by atoms with Crippen molar-refractivity contribution in [1.29, 1.82) is 0 Å².